The van der Waals surface area contributed by atoms with Crippen molar-refractivity contribution in [1.82, 2.24) is 0 Å². The number of rotatable bonds is 6. The second-order valence-corrected chi connectivity index (χ2v) is 8.38. The van der Waals surface area contributed by atoms with Crippen LogP contribution < -0.4 is 14.4 Å². The molecule has 0 saturated carbocycles. The van der Waals surface area contributed by atoms with Gasteiger partial charge in [-0.25, -0.2) is 8.42 Å². The van der Waals surface area contributed by atoms with E-state index in [0.29, 0.717) is 22.1 Å². The Hall–Kier alpha value is -2.25. The van der Waals surface area contributed by atoms with Gasteiger partial charge in [-0.3, -0.25) is 9.10 Å². The molecule has 0 aromatic heterocycles. The maximum Gasteiger partial charge on any atom is 0.265 e. The minimum Gasteiger partial charge on any atom is -0.481 e. The van der Waals surface area contributed by atoms with E-state index in [1.54, 1.807) is 43.3 Å². The lowest BCUT2D eigenvalue weighted by molar-refractivity contribution is -0.122. The highest BCUT2D eigenvalue weighted by molar-refractivity contribution is 7.92. The molecule has 0 unspecified atom stereocenters. The van der Waals surface area contributed by atoms with Crippen molar-refractivity contribution in [3.8, 4) is 5.75 Å². The summed E-state index contributed by atoms with van der Waals surface area (Å²) < 4.78 is 29.9. The van der Waals surface area contributed by atoms with Gasteiger partial charge in [0.15, 0.2) is 6.10 Å². The number of benzene rings is 2. The number of aryl methyl sites for hydroxylation is 1. The van der Waals surface area contributed by atoms with Gasteiger partial charge in [0.1, 0.15) is 5.75 Å². The maximum atomic E-state index is 12.3. The summed E-state index contributed by atoms with van der Waals surface area (Å²) in [6, 6.07) is 11.7. The summed E-state index contributed by atoms with van der Waals surface area (Å²) in [6.07, 6.45) is 0.383. The van der Waals surface area contributed by atoms with E-state index < -0.39 is 16.1 Å². The maximum absolute atomic E-state index is 12.3. The molecule has 0 aliphatic rings. The third kappa shape index (κ3) is 5.12. The number of nitrogens with zero attached hydrogens (tertiary/aromatic N) is 1. The minimum absolute atomic E-state index is 0.312. The number of sulfonamides is 1. The first-order valence-electron chi connectivity index (χ1n) is 7.85. The number of carbonyl (C=O) groups is 1. The molecule has 0 saturated heterocycles. The Morgan fingerprint density at radius 3 is 2.38 bits per heavy atom. The zero-order valence-electron chi connectivity index (χ0n) is 15.0. The molecule has 0 heterocycles. The van der Waals surface area contributed by atoms with Crippen molar-refractivity contribution in [3.05, 3.63) is 53.1 Å². The highest BCUT2D eigenvalue weighted by Gasteiger charge is 2.17. The molecular weight excluding hydrogens is 376 g/mol. The van der Waals surface area contributed by atoms with Gasteiger partial charge < -0.3 is 10.1 Å². The van der Waals surface area contributed by atoms with Crippen molar-refractivity contribution >= 4 is 38.9 Å². The molecule has 2 aromatic rings. The standard InChI is InChI=1S/C18H21ClN2O4S/c1-12-5-6-14(19)11-17(12)20-18(22)13(2)25-16-9-7-15(8-10-16)21(3)26(4,23)24/h5-11,13H,1-4H3,(H,20,22)/t13-/m1/s1. The molecule has 140 valence electrons. The van der Waals surface area contributed by atoms with E-state index in [2.05, 4.69) is 5.32 Å². The smallest absolute Gasteiger partial charge is 0.265 e. The van der Waals surface area contributed by atoms with Crippen molar-refractivity contribution in [2.45, 2.75) is 20.0 Å². The Morgan fingerprint density at radius 2 is 1.81 bits per heavy atom. The lowest BCUT2D eigenvalue weighted by atomic mass is 10.2. The molecule has 26 heavy (non-hydrogen) atoms. The molecule has 1 amide bonds. The summed E-state index contributed by atoms with van der Waals surface area (Å²) in [4.78, 5) is 12.3. The van der Waals surface area contributed by atoms with Crippen LogP contribution in [-0.4, -0.2) is 33.7 Å². The summed E-state index contributed by atoms with van der Waals surface area (Å²) in [6.45, 7) is 3.50. The molecule has 0 aliphatic heterocycles. The average Bonchev–Trinajstić information content (AvgIpc) is 2.57. The summed E-state index contributed by atoms with van der Waals surface area (Å²) in [5.41, 5.74) is 2.03. The van der Waals surface area contributed by atoms with E-state index in [9.17, 15) is 13.2 Å². The monoisotopic (exact) mass is 396 g/mol. The van der Waals surface area contributed by atoms with Crippen LogP contribution in [0.25, 0.3) is 0 Å². The molecule has 0 fully saturated rings. The van der Waals surface area contributed by atoms with Crippen LogP contribution in [0.5, 0.6) is 5.75 Å². The number of anilines is 2. The molecule has 2 rings (SSSR count). The molecule has 0 radical (unpaired) electrons. The van der Waals surface area contributed by atoms with Gasteiger partial charge in [-0.15, -0.1) is 0 Å². The highest BCUT2D eigenvalue weighted by atomic mass is 35.5. The van der Waals surface area contributed by atoms with E-state index in [1.165, 1.54) is 7.05 Å². The zero-order valence-corrected chi connectivity index (χ0v) is 16.6. The van der Waals surface area contributed by atoms with Crippen LogP contribution in [-0.2, 0) is 14.8 Å². The number of hydrogen-bond acceptors (Lipinski definition) is 4. The van der Waals surface area contributed by atoms with Crippen LogP contribution in [0.3, 0.4) is 0 Å². The molecule has 0 bridgehead atoms. The molecule has 6 nitrogen and oxygen atoms in total. The fourth-order valence-electron chi connectivity index (χ4n) is 2.15. The van der Waals surface area contributed by atoms with E-state index in [-0.39, 0.29) is 5.91 Å². The Labute approximate surface area is 158 Å². The van der Waals surface area contributed by atoms with Gasteiger partial charge in [-0.2, -0.15) is 0 Å². The van der Waals surface area contributed by atoms with Crippen LogP contribution in [0.4, 0.5) is 11.4 Å². The summed E-state index contributed by atoms with van der Waals surface area (Å²) in [7, 11) is -1.86. The molecule has 0 aliphatic carbocycles. The van der Waals surface area contributed by atoms with Crippen molar-refractivity contribution in [2.24, 2.45) is 0 Å². The lowest BCUT2D eigenvalue weighted by Gasteiger charge is -2.18. The summed E-state index contributed by atoms with van der Waals surface area (Å²) in [5.74, 6) is 0.147. The van der Waals surface area contributed by atoms with Gasteiger partial charge in [0.25, 0.3) is 5.91 Å². The largest absolute Gasteiger partial charge is 0.481 e. The third-order valence-electron chi connectivity index (χ3n) is 3.84. The van der Waals surface area contributed by atoms with Gasteiger partial charge >= 0.3 is 0 Å². The van der Waals surface area contributed by atoms with Gasteiger partial charge in [0.05, 0.1) is 11.9 Å². The quantitative estimate of drug-likeness (QED) is 0.811. The normalized spacial score (nSPS) is 12.3. The van der Waals surface area contributed by atoms with Crippen molar-refractivity contribution in [3.63, 3.8) is 0 Å². The third-order valence-corrected chi connectivity index (χ3v) is 5.28. The fourth-order valence-corrected chi connectivity index (χ4v) is 2.82. The van der Waals surface area contributed by atoms with Crippen LogP contribution in [0.1, 0.15) is 12.5 Å². The average molecular weight is 397 g/mol. The second kappa shape index (κ2) is 7.97. The first-order valence-corrected chi connectivity index (χ1v) is 10.1. The van der Waals surface area contributed by atoms with Crippen LogP contribution in [0.15, 0.2) is 42.5 Å². The summed E-state index contributed by atoms with van der Waals surface area (Å²) >= 11 is 5.95. The fraction of sp³-hybridized carbons (Fsp3) is 0.278. The number of nitrogens with one attached hydrogen (secondary N) is 1. The number of amides is 1. The predicted octanol–water partition coefficient (Wildman–Crippen LogP) is 3.45. The number of ether oxygens (including phenoxy) is 1. The first kappa shape index (κ1) is 20.1. The Balaban J connectivity index is 2.04. The van der Waals surface area contributed by atoms with E-state index in [1.807, 2.05) is 13.0 Å². The van der Waals surface area contributed by atoms with E-state index in [4.69, 9.17) is 16.3 Å². The van der Waals surface area contributed by atoms with Crippen molar-refractivity contribution in [1.29, 1.82) is 0 Å². The summed E-state index contributed by atoms with van der Waals surface area (Å²) in [5, 5.41) is 3.32. The second-order valence-electron chi connectivity index (χ2n) is 5.93. The molecule has 1 atom stereocenters. The van der Waals surface area contributed by atoms with Gasteiger partial charge in [0, 0.05) is 17.8 Å². The Kier molecular flexibility index (Phi) is 6.15. The Bertz CT molecular complexity index is 898. The molecule has 8 heteroatoms. The molecule has 1 N–H and O–H groups in total. The van der Waals surface area contributed by atoms with Crippen molar-refractivity contribution < 1.29 is 17.9 Å². The molecule has 2 aromatic carbocycles. The van der Waals surface area contributed by atoms with Crippen LogP contribution >= 0.6 is 11.6 Å². The SMILES string of the molecule is Cc1ccc(Cl)cc1NC(=O)[C@@H](C)Oc1ccc(N(C)S(C)(=O)=O)cc1. The number of carbonyl (C=O) groups excluding carboxylic acids is 1. The molecular formula is C18H21ClN2O4S. The first-order chi connectivity index (χ1) is 12.1. The lowest BCUT2D eigenvalue weighted by Crippen LogP contribution is -2.30. The van der Waals surface area contributed by atoms with E-state index in [0.717, 1.165) is 16.1 Å². The van der Waals surface area contributed by atoms with Gasteiger partial charge in [-0.05, 0) is 55.8 Å². The van der Waals surface area contributed by atoms with Gasteiger partial charge in [-0.1, -0.05) is 17.7 Å². The van der Waals surface area contributed by atoms with Crippen LogP contribution in [0, 0.1) is 6.92 Å². The predicted molar refractivity (Wildman–Crippen MR) is 105 cm³/mol. The zero-order chi connectivity index (χ0) is 19.5. The minimum atomic E-state index is -3.33. The topological polar surface area (TPSA) is 75.7 Å². The number of halogens is 1. The van der Waals surface area contributed by atoms with Crippen molar-refractivity contribution in [2.75, 3.05) is 22.9 Å². The highest BCUT2D eigenvalue weighted by Crippen LogP contribution is 2.23. The number of hydrogen-bond donors (Lipinski definition) is 1. The van der Waals surface area contributed by atoms with Crippen LogP contribution in [0.2, 0.25) is 5.02 Å². The molecule has 0 spiro atoms. The van der Waals surface area contributed by atoms with Gasteiger partial charge in [0.2, 0.25) is 10.0 Å². The Morgan fingerprint density at radius 1 is 1.19 bits per heavy atom. The van der Waals surface area contributed by atoms with E-state index >= 15 is 0 Å².